The van der Waals surface area contributed by atoms with Crippen LogP contribution in [-0.4, -0.2) is 68.4 Å². The maximum absolute atomic E-state index is 13.5. The number of esters is 1. The van der Waals surface area contributed by atoms with Crippen molar-refractivity contribution in [3.05, 3.63) is 84.9 Å². The number of ether oxygens (including phenoxy) is 4. The van der Waals surface area contributed by atoms with Gasteiger partial charge in [-0.3, -0.25) is 9.59 Å². The lowest BCUT2D eigenvalue weighted by Crippen LogP contribution is -2.51. The molecule has 1 aliphatic rings. The molecule has 0 aromatic heterocycles. The van der Waals surface area contributed by atoms with Gasteiger partial charge in [0.15, 0.2) is 0 Å². The van der Waals surface area contributed by atoms with Crippen molar-refractivity contribution < 1.29 is 38.1 Å². The van der Waals surface area contributed by atoms with Gasteiger partial charge in [-0.15, -0.1) is 0 Å². The van der Waals surface area contributed by atoms with Crippen LogP contribution in [0.3, 0.4) is 0 Å². The largest absolute Gasteiger partial charge is 0.493 e. The van der Waals surface area contributed by atoms with Crippen molar-refractivity contribution in [2.45, 2.75) is 77.0 Å². The summed E-state index contributed by atoms with van der Waals surface area (Å²) in [6, 6.07) is 22.3. The van der Waals surface area contributed by atoms with Crippen LogP contribution in [0.5, 0.6) is 11.5 Å². The number of alkyl carbamates (subject to hydrolysis) is 1. The van der Waals surface area contributed by atoms with Gasteiger partial charge in [0.05, 0.1) is 13.7 Å². The second kappa shape index (κ2) is 18.3. The third kappa shape index (κ3) is 10.7. The summed E-state index contributed by atoms with van der Waals surface area (Å²) in [7, 11) is 1.26. The van der Waals surface area contributed by atoms with E-state index in [1.54, 1.807) is 32.9 Å². The Kier molecular flexibility index (Phi) is 13.3. The molecule has 3 amide bonds. The van der Waals surface area contributed by atoms with Gasteiger partial charge in [-0.05, 0) is 86.6 Å². The van der Waals surface area contributed by atoms with Crippen molar-refractivity contribution >= 4 is 45.4 Å². The van der Waals surface area contributed by atoms with Crippen LogP contribution in [0.1, 0.15) is 59.3 Å². The number of hydrogen-bond donors (Lipinski definition) is 3. The summed E-state index contributed by atoms with van der Waals surface area (Å²) >= 11 is 0. The molecule has 3 N–H and O–H groups in total. The number of carbonyl (C=O) groups is 4. The van der Waals surface area contributed by atoms with E-state index >= 15 is 0 Å². The maximum Gasteiger partial charge on any atom is 0.407 e. The Balaban J connectivity index is 1.40. The van der Waals surface area contributed by atoms with Crippen LogP contribution in [-0.2, 0) is 23.9 Å². The summed E-state index contributed by atoms with van der Waals surface area (Å²) in [5.41, 5.74) is 1.17. The molecule has 1 heterocycles. The highest BCUT2D eigenvalue weighted by Gasteiger charge is 2.27. The Labute approximate surface area is 310 Å². The topological polar surface area (TPSA) is 141 Å². The van der Waals surface area contributed by atoms with Crippen LogP contribution in [0.4, 0.5) is 4.79 Å². The third-order valence-corrected chi connectivity index (χ3v) is 8.75. The first-order valence-electron chi connectivity index (χ1n) is 18.1. The number of rotatable bonds is 6. The summed E-state index contributed by atoms with van der Waals surface area (Å²) in [5.74, 6) is -0.115. The van der Waals surface area contributed by atoms with Crippen molar-refractivity contribution in [3.63, 3.8) is 0 Å². The molecule has 1 aliphatic heterocycles. The van der Waals surface area contributed by atoms with Crippen LogP contribution in [0.15, 0.2) is 84.9 Å². The lowest BCUT2D eigenvalue weighted by Gasteiger charge is -2.22. The van der Waals surface area contributed by atoms with Gasteiger partial charge >= 0.3 is 12.1 Å². The minimum Gasteiger partial charge on any atom is -0.493 e. The second-order valence-corrected chi connectivity index (χ2v) is 13.9. The van der Waals surface area contributed by atoms with E-state index < -0.39 is 35.7 Å². The summed E-state index contributed by atoms with van der Waals surface area (Å²) in [5, 5.41) is 12.4. The molecule has 4 aromatic rings. The Bertz CT molecular complexity index is 1950. The number of nitrogens with one attached hydrogen (secondary N) is 3. The van der Waals surface area contributed by atoms with Crippen LogP contribution in [0.2, 0.25) is 0 Å². The lowest BCUT2D eigenvalue weighted by atomic mass is 9.92. The van der Waals surface area contributed by atoms with Gasteiger partial charge in [0.1, 0.15) is 35.8 Å². The van der Waals surface area contributed by atoms with E-state index in [0.29, 0.717) is 37.3 Å². The zero-order chi connectivity index (χ0) is 37.8. The highest BCUT2D eigenvalue weighted by atomic mass is 16.6. The van der Waals surface area contributed by atoms with Crippen molar-refractivity contribution in [2.75, 3.05) is 26.9 Å². The normalized spacial score (nSPS) is 18.0. The highest BCUT2D eigenvalue weighted by molar-refractivity contribution is 6.09. The van der Waals surface area contributed by atoms with Crippen LogP contribution in [0.25, 0.3) is 32.7 Å². The van der Waals surface area contributed by atoms with Gasteiger partial charge in [-0.2, -0.15) is 0 Å². The van der Waals surface area contributed by atoms with E-state index in [2.05, 4.69) is 40.2 Å². The number of carbonyl (C=O) groups excluding carboxylic acids is 4. The quantitative estimate of drug-likeness (QED) is 0.110. The average molecular weight is 724 g/mol. The predicted octanol–water partition coefficient (Wildman–Crippen LogP) is 7.00. The minimum absolute atomic E-state index is 0.110. The number of benzene rings is 4. The Morgan fingerprint density at radius 3 is 2.11 bits per heavy atom. The van der Waals surface area contributed by atoms with E-state index in [9.17, 15) is 19.2 Å². The van der Waals surface area contributed by atoms with Crippen LogP contribution < -0.4 is 25.4 Å². The van der Waals surface area contributed by atoms with Gasteiger partial charge in [0, 0.05) is 24.1 Å². The molecule has 0 saturated carbocycles. The molecule has 280 valence electrons. The molecular formula is C42H49N3O8. The van der Waals surface area contributed by atoms with Crippen LogP contribution >= 0.6 is 0 Å². The average Bonchev–Trinajstić information content (AvgIpc) is 3.13. The van der Waals surface area contributed by atoms with E-state index in [-0.39, 0.29) is 38.4 Å². The fraction of sp³-hybridized carbons (Fsp3) is 0.381. The summed E-state index contributed by atoms with van der Waals surface area (Å²) < 4.78 is 23.1. The molecule has 0 spiro atoms. The van der Waals surface area contributed by atoms with Gasteiger partial charge in [0.2, 0.25) is 11.8 Å². The zero-order valence-corrected chi connectivity index (χ0v) is 30.9. The lowest BCUT2D eigenvalue weighted by molar-refractivity contribution is -0.145. The standard InChI is InChI=1S/C42H49N3O8/c1-42(2,3)53-41(49)43-25-11-9-18-32-39(47)45-33(40(48)50-4)19-10-12-26-51-34-23-21-28-14-5-7-16-30(28)37(34)38-31-17-8-6-15-29(31)22-24-35(38)52-27-13-20-36(46)44-32/h5-8,10,12,14-17,21-24,32-33H,9,11,13,18-20,25-27H2,1-4H3,(H,43,49)(H,44,46)(H,45,47)/b12-10+/t32-,33+/m1/s1. The summed E-state index contributed by atoms with van der Waals surface area (Å²) in [6.45, 7) is 6.14. The molecule has 5 rings (SSSR count). The number of amides is 3. The van der Waals surface area contributed by atoms with Crippen molar-refractivity contribution in [2.24, 2.45) is 0 Å². The molecule has 0 unspecified atom stereocenters. The molecule has 11 nitrogen and oxygen atoms in total. The van der Waals surface area contributed by atoms with Crippen molar-refractivity contribution in [1.29, 1.82) is 0 Å². The molecule has 2 atom stereocenters. The van der Waals surface area contributed by atoms with Gasteiger partial charge < -0.3 is 34.9 Å². The van der Waals surface area contributed by atoms with Gasteiger partial charge in [-0.25, -0.2) is 9.59 Å². The summed E-state index contributed by atoms with van der Waals surface area (Å²) in [6.07, 6.45) is 5.02. The first kappa shape index (κ1) is 38.6. The molecule has 0 fully saturated rings. The smallest absolute Gasteiger partial charge is 0.407 e. The third-order valence-electron chi connectivity index (χ3n) is 8.75. The number of hydrogen-bond acceptors (Lipinski definition) is 8. The first-order valence-corrected chi connectivity index (χ1v) is 18.1. The number of methoxy groups -OCH3 is 1. The molecule has 53 heavy (non-hydrogen) atoms. The van der Waals surface area contributed by atoms with E-state index in [4.69, 9.17) is 18.9 Å². The van der Waals surface area contributed by atoms with Gasteiger partial charge in [0.25, 0.3) is 0 Å². The molecule has 0 bridgehead atoms. The fourth-order valence-corrected chi connectivity index (χ4v) is 6.25. The first-order chi connectivity index (χ1) is 25.5. The minimum atomic E-state index is -0.984. The van der Waals surface area contributed by atoms with Crippen LogP contribution in [0, 0.1) is 0 Å². The molecular weight excluding hydrogens is 674 g/mol. The van der Waals surface area contributed by atoms with E-state index in [1.807, 2.05) is 48.5 Å². The molecule has 4 aromatic carbocycles. The molecule has 0 saturated heterocycles. The Hall–Kier alpha value is -5.58. The fourth-order valence-electron chi connectivity index (χ4n) is 6.25. The molecule has 0 radical (unpaired) electrons. The Morgan fingerprint density at radius 2 is 1.47 bits per heavy atom. The SMILES string of the molecule is COC(=O)[C@@H]1C/C=C/COc2ccc3ccccc3c2-c2c(ccc3ccccc23)OCCCC(=O)N[C@H](CCCCNC(=O)OC(C)(C)C)C(=O)N1. The van der Waals surface area contributed by atoms with E-state index in [1.165, 1.54) is 7.11 Å². The monoisotopic (exact) mass is 723 g/mol. The predicted molar refractivity (Wildman–Crippen MR) is 205 cm³/mol. The second-order valence-electron chi connectivity index (χ2n) is 13.9. The van der Waals surface area contributed by atoms with E-state index in [0.717, 1.165) is 32.7 Å². The number of unbranched alkanes of at least 4 members (excludes halogenated alkanes) is 1. The zero-order valence-electron chi connectivity index (χ0n) is 30.9. The molecule has 11 heteroatoms. The molecule has 0 aliphatic carbocycles. The van der Waals surface area contributed by atoms with Crippen molar-refractivity contribution in [1.82, 2.24) is 16.0 Å². The maximum atomic E-state index is 13.5. The van der Waals surface area contributed by atoms with Gasteiger partial charge in [-0.1, -0.05) is 72.8 Å². The number of fused-ring (bicyclic) bond motifs is 7. The summed E-state index contributed by atoms with van der Waals surface area (Å²) in [4.78, 5) is 51.6. The Morgan fingerprint density at radius 1 is 0.830 bits per heavy atom. The van der Waals surface area contributed by atoms with Crippen molar-refractivity contribution in [3.8, 4) is 22.6 Å². The highest BCUT2D eigenvalue weighted by Crippen LogP contribution is 2.45.